The normalized spacial score (nSPS) is 20.6. The number of nitrogens with zero attached hydrogens (tertiary/aromatic N) is 1. The van der Waals surface area contributed by atoms with E-state index in [1.807, 2.05) is 0 Å². The van der Waals surface area contributed by atoms with E-state index >= 15 is 0 Å². The fourth-order valence-corrected chi connectivity index (χ4v) is 2.94. The third-order valence-corrected chi connectivity index (χ3v) is 4.34. The lowest BCUT2D eigenvalue weighted by atomic mass is 10.2. The van der Waals surface area contributed by atoms with Gasteiger partial charge in [0.25, 0.3) is 0 Å². The molecule has 0 aromatic carbocycles. The second kappa shape index (κ2) is 6.17. The molecular weight excluding hydrogens is 230 g/mol. The molecule has 0 radical (unpaired) electrons. The minimum absolute atomic E-state index is 0.152. The van der Waals surface area contributed by atoms with Gasteiger partial charge in [-0.25, -0.2) is 14.3 Å². The summed E-state index contributed by atoms with van der Waals surface area (Å²) in [6.07, 6.45) is 2.11. The molecule has 0 saturated carbocycles. The van der Waals surface area contributed by atoms with Crippen molar-refractivity contribution < 1.29 is 13.2 Å². The third-order valence-electron chi connectivity index (χ3n) is 2.73. The number of hydrogen-bond acceptors (Lipinski definition) is 5. The van der Waals surface area contributed by atoms with Crippen LogP contribution in [-0.2, 0) is 14.6 Å². The van der Waals surface area contributed by atoms with Crippen molar-refractivity contribution in [1.29, 1.82) is 0 Å². The van der Waals surface area contributed by atoms with Crippen molar-refractivity contribution in [1.82, 2.24) is 10.3 Å². The number of hydrazine groups is 1. The molecule has 1 saturated heterocycles. The van der Waals surface area contributed by atoms with E-state index in [0.29, 0.717) is 19.5 Å². The van der Waals surface area contributed by atoms with Crippen molar-refractivity contribution in [2.45, 2.75) is 19.3 Å². The average Bonchev–Trinajstić information content (AvgIpc) is 2.26. The zero-order valence-corrected chi connectivity index (χ0v) is 10.1. The highest BCUT2D eigenvalue weighted by Gasteiger charge is 2.20. The van der Waals surface area contributed by atoms with Crippen molar-refractivity contribution in [2.24, 2.45) is 5.84 Å². The Hall–Kier alpha value is -0.660. The average molecular weight is 249 g/mol. The van der Waals surface area contributed by atoms with Gasteiger partial charge in [-0.05, 0) is 19.4 Å². The Morgan fingerprint density at radius 1 is 1.25 bits per heavy atom. The molecule has 1 fully saturated rings. The van der Waals surface area contributed by atoms with Gasteiger partial charge >= 0.3 is 0 Å². The number of carbonyl (C=O) groups excluding carboxylic acids is 1. The lowest BCUT2D eigenvalue weighted by Gasteiger charge is -2.26. The van der Waals surface area contributed by atoms with E-state index in [2.05, 4.69) is 10.3 Å². The second-order valence-corrected chi connectivity index (χ2v) is 6.32. The number of unbranched alkanes of at least 4 members (excludes halogenated alkanes) is 1. The Bertz CT molecular complexity index is 315. The molecule has 16 heavy (non-hydrogen) atoms. The summed E-state index contributed by atoms with van der Waals surface area (Å²) in [6, 6.07) is 0. The minimum atomic E-state index is -2.79. The largest absolute Gasteiger partial charge is 0.301 e. The predicted octanol–water partition coefficient (Wildman–Crippen LogP) is -1.12. The number of carbonyl (C=O) groups is 1. The molecule has 94 valence electrons. The van der Waals surface area contributed by atoms with Crippen molar-refractivity contribution in [3.05, 3.63) is 0 Å². The number of nitrogens with one attached hydrogen (secondary N) is 1. The highest BCUT2D eigenvalue weighted by Crippen LogP contribution is 2.05. The third kappa shape index (κ3) is 4.91. The second-order valence-electron chi connectivity index (χ2n) is 4.02. The Balaban J connectivity index is 2.09. The molecular formula is C9H19N3O3S. The van der Waals surface area contributed by atoms with Gasteiger partial charge in [0.1, 0.15) is 0 Å². The molecule has 0 bridgehead atoms. The maximum atomic E-state index is 11.2. The van der Waals surface area contributed by atoms with Gasteiger partial charge in [0.05, 0.1) is 11.5 Å². The van der Waals surface area contributed by atoms with Gasteiger partial charge in [-0.2, -0.15) is 0 Å². The van der Waals surface area contributed by atoms with Crippen LogP contribution in [-0.4, -0.2) is 50.4 Å². The highest BCUT2D eigenvalue weighted by atomic mass is 32.2. The Kier molecular flexibility index (Phi) is 5.17. The summed E-state index contributed by atoms with van der Waals surface area (Å²) in [5.41, 5.74) is 2.08. The fourth-order valence-electron chi connectivity index (χ4n) is 1.67. The standard InChI is InChI=1S/C9H19N3O3S/c10-11-9(13)3-1-2-4-12-5-7-16(14,15)8-6-12/h1-8,10H2,(H,11,13). The van der Waals surface area contributed by atoms with Crippen LogP contribution in [0.25, 0.3) is 0 Å². The monoisotopic (exact) mass is 249 g/mol. The zero-order chi connectivity index (χ0) is 12.0. The summed E-state index contributed by atoms with van der Waals surface area (Å²) in [5.74, 6) is 5.32. The molecule has 3 N–H and O–H groups in total. The van der Waals surface area contributed by atoms with Crippen LogP contribution >= 0.6 is 0 Å². The smallest absolute Gasteiger partial charge is 0.233 e. The predicted molar refractivity (Wildman–Crippen MR) is 61.3 cm³/mol. The molecule has 1 rings (SSSR count). The van der Waals surface area contributed by atoms with Crippen LogP contribution < -0.4 is 11.3 Å². The Labute approximate surface area is 96.1 Å². The molecule has 1 heterocycles. The first-order valence-electron chi connectivity index (χ1n) is 5.46. The van der Waals surface area contributed by atoms with E-state index in [4.69, 9.17) is 5.84 Å². The molecule has 6 nitrogen and oxygen atoms in total. The molecule has 0 unspecified atom stereocenters. The van der Waals surface area contributed by atoms with E-state index in [1.54, 1.807) is 0 Å². The van der Waals surface area contributed by atoms with Gasteiger partial charge < -0.3 is 4.90 Å². The topological polar surface area (TPSA) is 92.5 Å². The first-order valence-corrected chi connectivity index (χ1v) is 7.28. The van der Waals surface area contributed by atoms with E-state index in [9.17, 15) is 13.2 Å². The van der Waals surface area contributed by atoms with Crippen LogP contribution in [0.15, 0.2) is 0 Å². The maximum absolute atomic E-state index is 11.2. The van der Waals surface area contributed by atoms with Gasteiger partial charge in [-0.15, -0.1) is 0 Å². The molecule has 0 spiro atoms. The Morgan fingerprint density at radius 2 is 1.88 bits per heavy atom. The summed E-state index contributed by atoms with van der Waals surface area (Å²) < 4.78 is 22.3. The molecule has 1 amide bonds. The van der Waals surface area contributed by atoms with Gasteiger partial charge in [0.2, 0.25) is 5.91 Å². The van der Waals surface area contributed by atoms with Crippen LogP contribution in [0.4, 0.5) is 0 Å². The lowest BCUT2D eigenvalue weighted by Crippen LogP contribution is -2.40. The van der Waals surface area contributed by atoms with Crippen LogP contribution in [0.3, 0.4) is 0 Å². The van der Waals surface area contributed by atoms with E-state index in [0.717, 1.165) is 19.4 Å². The first kappa shape index (κ1) is 13.4. The van der Waals surface area contributed by atoms with Crippen molar-refractivity contribution in [2.75, 3.05) is 31.1 Å². The van der Waals surface area contributed by atoms with Gasteiger partial charge in [-0.3, -0.25) is 10.2 Å². The van der Waals surface area contributed by atoms with Gasteiger partial charge in [0.15, 0.2) is 9.84 Å². The van der Waals surface area contributed by atoms with Gasteiger partial charge in [-0.1, -0.05) is 0 Å². The summed E-state index contributed by atoms with van der Waals surface area (Å²) in [5, 5.41) is 0. The van der Waals surface area contributed by atoms with Crippen LogP contribution in [0.5, 0.6) is 0 Å². The molecule has 1 aliphatic rings. The van der Waals surface area contributed by atoms with Crippen LogP contribution in [0, 0.1) is 0 Å². The summed E-state index contributed by atoms with van der Waals surface area (Å²) in [4.78, 5) is 12.9. The van der Waals surface area contributed by atoms with Crippen molar-refractivity contribution in [3.63, 3.8) is 0 Å². The number of amides is 1. The maximum Gasteiger partial charge on any atom is 0.233 e. The fraction of sp³-hybridized carbons (Fsp3) is 0.889. The number of hydrogen-bond donors (Lipinski definition) is 2. The minimum Gasteiger partial charge on any atom is -0.301 e. The number of sulfone groups is 1. The SMILES string of the molecule is NNC(=O)CCCCN1CCS(=O)(=O)CC1. The molecule has 0 aromatic rings. The number of rotatable bonds is 5. The van der Waals surface area contributed by atoms with E-state index in [1.165, 1.54) is 0 Å². The quantitative estimate of drug-likeness (QED) is 0.278. The van der Waals surface area contributed by atoms with E-state index in [-0.39, 0.29) is 17.4 Å². The molecule has 1 aliphatic heterocycles. The molecule has 0 atom stereocenters. The van der Waals surface area contributed by atoms with E-state index < -0.39 is 9.84 Å². The Morgan fingerprint density at radius 3 is 2.44 bits per heavy atom. The van der Waals surface area contributed by atoms with Crippen molar-refractivity contribution in [3.8, 4) is 0 Å². The molecule has 0 aliphatic carbocycles. The van der Waals surface area contributed by atoms with Gasteiger partial charge in [0, 0.05) is 19.5 Å². The van der Waals surface area contributed by atoms with Crippen LogP contribution in [0.2, 0.25) is 0 Å². The first-order chi connectivity index (χ1) is 7.53. The van der Waals surface area contributed by atoms with Crippen molar-refractivity contribution >= 4 is 15.7 Å². The molecule has 0 aromatic heterocycles. The summed E-state index contributed by atoms with van der Waals surface area (Å²) in [7, 11) is -2.79. The molecule has 7 heteroatoms. The highest BCUT2D eigenvalue weighted by molar-refractivity contribution is 7.91. The zero-order valence-electron chi connectivity index (χ0n) is 9.31. The summed E-state index contributed by atoms with van der Waals surface area (Å²) >= 11 is 0. The lowest BCUT2D eigenvalue weighted by molar-refractivity contribution is -0.121. The number of nitrogens with two attached hydrogens (primary N) is 1. The van der Waals surface area contributed by atoms with Crippen LogP contribution in [0.1, 0.15) is 19.3 Å². The summed E-state index contributed by atoms with van der Waals surface area (Å²) in [6.45, 7) is 2.09.